The van der Waals surface area contributed by atoms with Gasteiger partial charge in [-0.2, -0.15) is 4.57 Å². The fourth-order valence-electron chi connectivity index (χ4n) is 6.51. The van der Waals surface area contributed by atoms with Gasteiger partial charge in [-0.3, -0.25) is 29.0 Å². The Labute approximate surface area is 304 Å². The van der Waals surface area contributed by atoms with Crippen LogP contribution in [0.1, 0.15) is 54.7 Å². The van der Waals surface area contributed by atoms with Crippen LogP contribution in [0.15, 0.2) is 127 Å². The number of aliphatic imine (C=N–C) groups is 1. The van der Waals surface area contributed by atoms with E-state index >= 15 is 0 Å². The molecule has 0 saturated heterocycles. The molecule has 0 fully saturated rings. The highest BCUT2D eigenvalue weighted by Gasteiger charge is 2.45. The second-order valence-corrected chi connectivity index (χ2v) is 14.1. The van der Waals surface area contributed by atoms with Crippen LogP contribution < -0.4 is 9.88 Å². The molecule has 1 aromatic heterocycles. The minimum absolute atomic E-state index is 0.0242. The third-order valence-corrected chi connectivity index (χ3v) is 9.07. The van der Waals surface area contributed by atoms with Crippen LogP contribution in [-0.2, 0) is 32.1 Å². The van der Waals surface area contributed by atoms with Crippen LogP contribution in [0.2, 0.25) is 0 Å². The second kappa shape index (κ2) is 15.6. The molecule has 3 aromatic carbocycles. The average molecular weight is 699 g/mol. The zero-order chi connectivity index (χ0) is 36.8. The van der Waals surface area contributed by atoms with E-state index in [0.29, 0.717) is 23.4 Å². The van der Waals surface area contributed by atoms with Crippen molar-refractivity contribution in [3.05, 3.63) is 144 Å². The van der Waals surface area contributed by atoms with Gasteiger partial charge >= 0.3 is 0 Å². The molecule has 0 aliphatic carbocycles. The third kappa shape index (κ3) is 8.18. The minimum Gasteiger partial charge on any atom is -0.473 e. The first-order valence-electron chi connectivity index (χ1n) is 17.5. The van der Waals surface area contributed by atoms with Gasteiger partial charge in [0.05, 0.1) is 17.8 Å². The lowest BCUT2D eigenvalue weighted by atomic mass is 9.93. The maximum Gasteiger partial charge on any atom is 0.264 e. The van der Waals surface area contributed by atoms with Gasteiger partial charge in [0.25, 0.3) is 17.7 Å². The molecule has 0 bridgehead atoms. The number of aromatic nitrogens is 1. The van der Waals surface area contributed by atoms with Crippen molar-refractivity contribution >= 4 is 35.1 Å². The van der Waals surface area contributed by atoms with Gasteiger partial charge in [-0.15, -0.1) is 0 Å². The normalized spacial score (nSPS) is 17.2. The molecule has 3 heterocycles. The van der Waals surface area contributed by atoms with E-state index in [2.05, 4.69) is 10.3 Å². The van der Waals surface area contributed by atoms with E-state index < -0.39 is 35.2 Å². The highest BCUT2D eigenvalue weighted by molar-refractivity contribution is 6.37. The van der Waals surface area contributed by atoms with Gasteiger partial charge in [-0.1, -0.05) is 105 Å². The molecular weight excluding hydrogens is 654 g/mol. The Morgan fingerprint density at radius 3 is 2.15 bits per heavy atom. The van der Waals surface area contributed by atoms with Gasteiger partial charge in [0.15, 0.2) is 18.9 Å². The topological polar surface area (TPSA) is 112 Å². The predicted molar refractivity (Wildman–Crippen MR) is 198 cm³/mol. The van der Waals surface area contributed by atoms with Gasteiger partial charge in [0, 0.05) is 24.3 Å². The lowest BCUT2D eigenvalue weighted by Crippen LogP contribution is -2.60. The number of hydrogen-bond donors (Lipinski definition) is 1. The van der Waals surface area contributed by atoms with Crippen molar-refractivity contribution in [3.63, 3.8) is 0 Å². The fraction of sp³-hybridized carbons (Fsp3) is 0.286. The number of carbonyl (C=O) groups excluding carboxylic acids is 4. The number of carbonyl (C=O) groups is 4. The SMILES string of the molecule is CC(C)[C@@H]1C(=O)N([C@@H](Cc2ccccc2)C(=O)NCC(=O)C2=NC(C)(C)CO2)C(c2ccccc2)=CN1C(=O)c1ccc[n+](Cc2ccccc2)c1. The molecule has 266 valence electrons. The van der Waals surface area contributed by atoms with Gasteiger partial charge in [-0.25, -0.2) is 4.99 Å². The molecule has 2 atom stereocenters. The number of hydrogen-bond acceptors (Lipinski definition) is 6. The molecule has 2 aliphatic heterocycles. The van der Waals surface area contributed by atoms with Crippen LogP contribution in [0.3, 0.4) is 0 Å². The van der Waals surface area contributed by atoms with Crippen LogP contribution in [0.25, 0.3) is 5.70 Å². The molecule has 10 heteroatoms. The van der Waals surface area contributed by atoms with Crippen LogP contribution >= 0.6 is 0 Å². The molecule has 10 nitrogen and oxygen atoms in total. The van der Waals surface area contributed by atoms with Crippen molar-refractivity contribution < 1.29 is 28.5 Å². The Kier molecular flexibility index (Phi) is 10.7. The average Bonchev–Trinajstić information content (AvgIpc) is 3.52. The Balaban J connectivity index is 1.38. The van der Waals surface area contributed by atoms with E-state index in [0.717, 1.165) is 11.1 Å². The molecule has 0 radical (unpaired) electrons. The van der Waals surface area contributed by atoms with Crippen molar-refractivity contribution in [3.8, 4) is 0 Å². The van der Waals surface area contributed by atoms with E-state index in [4.69, 9.17) is 4.74 Å². The number of pyridine rings is 1. The Hall–Kier alpha value is -5.90. The lowest BCUT2D eigenvalue weighted by molar-refractivity contribution is -0.688. The van der Waals surface area contributed by atoms with Crippen molar-refractivity contribution in [1.82, 2.24) is 15.1 Å². The molecule has 1 N–H and O–H groups in total. The van der Waals surface area contributed by atoms with Crippen molar-refractivity contribution in [2.75, 3.05) is 13.2 Å². The maximum absolute atomic E-state index is 15.0. The van der Waals surface area contributed by atoms with Gasteiger partial charge in [0.1, 0.15) is 24.3 Å². The number of benzene rings is 3. The zero-order valence-corrected chi connectivity index (χ0v) is 29.9. The molecule has 6 rings (SSSR count). The van der Waals surface area contributed by atoms with Crippen LogP contribution in [0.4, 0.5) is 0 Å². The van der Waals surface area contributed by atoms with E-state index in [-0.39, 0.29) is 37.3 Å². The monoisotopic (exact) mass is 698 g/mol. The van der Waals surface area contributed by atoms with E-state index in [1.165, 1.54) is 9.80 Å². The standard InChI is InChI=1S/C42H43N5O5/c1-29(2)37-41(51)47(34(23-30-15-8-5-9-16-30)38(49)43-24-36(48)39-44-42(3,4)28-52-39)35(32-19-12-7-13-20-32)27-46(37)40(50)33-21-14-22-45(26-33)25-31-17-10-6-11-18-31/h5-22,26-27,29,34,37H,23-25,28H2,1-4H3/p+1/t34-,37+/m0/s1. The summed E-state index contributed by atoms with van der Waals surface area (Å²) >= 11 is 0. The smallest absolute Gasteiger partial charge is 0.264 e. The van der Waals surface area contributed by atoms with E-state index in [9.17, 15) is 19.2 Å². The molecule has 0 saturated carbocycles. The summed E-state index contributed by atoms with van der Waals surface area (Å²) in [5.74, 6) is -2.04. The van der Waals surface area contributed by atoms with E-state index in [1.807, 2.05) is 136 Å². The van der Waals surface area contributed by atoms with Crippen LogP contribution in [0, 0.1) is 5.92 Å². The minimum atomic E-state index is -1.06. The molecule has 2 aliphatic rings. The predicted octanol–water partition coefficient (Wildman–Crippen LogP) is 4.83. The molecule has 4 aromatic rings. The lowest BCUT2D eigenvalue weighted by Gasteiger charge is -2.44. The first-order chi connectivity index (χ1) is 25.0. The fourth-order valence-corrected chi connectivity index (χ4v) is 6.51. The van der Waals surface area contributed by atoms with Crippen molar-refractivity contribution in [1.29, 1.82) is 0 Å². The number of rotatable bonds is 12. The molecular formula is C42H44N5O5+. The zero-order valence-electron chi connectivity index (χ0n) is 29.9. The summed E-state index contributed by atoms with van der Waals surface area (Å²) in [7, 11) is 0. The second-order valence-electron chi connectivity index (χ2n) is 14.1. The van der Waals surface area contributed by atoms with Gasteiger partial charge in [0.2, 0.25) is 11.7 Å². The summed E-state index contributed by atoms with van der Waals surface area (Å²) in [6.07, 6.45) is 5.56. The quantitative estimate of drug-likeness (QED) is 0.213. The summed E-state index contributed by atoms with van der Waals surface area (Å²) in [6, 6.07) is 30.2. The van der Waals surface area contributed by atoms with E-state index in [1.54, 1.807) is 18.5 Å². The summed E-state index contributed by atoms with van der Waals surface area (Å²) in [6.45, 7) is 7.99. The van der Waals surface area contributed by atoms with Gasteiger partial charge < -0.3 is 10.1 Å². The number of Topliss-reactive ketones (excluding diaryl/α,β-unsaturated/α-hetero) is 1. The molecule has 52 heavy (non-hydrogen) atoms. The Morgan fingerprint density at radius 1 is 0.904 bits per heavy atom. The van der Waals surface area contributed by atoms with Crippen LogP contribution in [-0.4, -0.2) is 70.0 Å². The van der Waals surface area contributed by atoms with Crippen LogP contribution in [0.5, 0.6) is 0 Å². The summed E-state index contributed by atoms with van der Waals surface area (Å²) in [5, 5.41) is 2.77. The third-order valence-electron chi connectivity index (χ3n) is 9.07. The highest BCUT2D eigenvalue weighted by Crippen LogP contribution is 2.34. The number of ketones is 1. The van der Waals surface area contributed by atoms with Crippen molar-refractivity contribution in [2.24, 2.45) is 10.9 Å². The Morgan fingerprint density at radius 2 is 1.54 bits per heavy atom. The number of nitrogens with one attached hydrogen (secondary N) is 1. The summed E-state index contributed by atoms with van der Waals surface area (Å²) < 4.78 is 7.45. The number of amides is 3. The molecule has 3 amide bonds. The molecule has 0 unspecified atom stereocenters. The maximum atomic E-state index is 15.0. The first-order valence-corrected chi connectivity index (χ1v) is 17.5. The Bertz CT molecular complexity index is 1990. The largest absolute Gasteiger partial charge is 0.473 e. The summed E-state index contributed by atoms with van der Waals surface area (Å²) in [4.78, 5) is 64.1. The van der Waals surface area contributed by atoms with Crippen molar-refractivity contribution in [2.45, 2.75) is 58.3 Å². The first kappa shape index (κ1) is 35.9. The number of ether oxygens (including phenoxy) is 1. The molecule has 0 spiro atoms. The highest BCUT2D eigenvalue weighted by atomic mass is 16.5. The number of nitrogens with zero attached hydrogens (tertiary/aromatic N) is 4. The summed E-state index contributed by atoms with van der Waals surface area (Å²) in [5.41, 5.74) is 2.86. The van der Waals surface area contributed by atoms with Gasteiger partial charge in [-0.05, 0) is 37.0 Å².